The molecule has 0 aliphatic heterocycles. The summed E-state index contributed by atoms with van der Waals surface area (Å²) in [5.74, 6) is 0. The zero-order valence-corrected chi connectivity index (χ0v) is 14.4. The van der Waals surface area contributed by atoms with E-state index in [-0.39, 0.29) is 0 Å². The van der Waals surface area contributed by atoms with Gasteiger partial charge in [-0.3, -0.25) is 0 Å². The van der Waals surface area contributed by atoms with Crippen molar-refractivity contribution >= 4 is 47.8 Å². The molecule has 0 N–H and O–H groups in total. The maximum Gasteiger partial charge on any atom is 0.376 e. The zero-order valence-electron chi connectivity index (χ0n) is 10.9. The van der Waals surface area contributed by atoms with Crippen LogP contribution in [0.5, 0.6) is 0 Å². The predicted molar refractivity (Wildman–Crippen MR) is 88.2 cm³/mol. The standard InChI is InChI=1S/C14H16Cl2OSi2/c1-18(17-19(2,15)16,13-9-5-3-6-10-13)14-11-7-4-8-12-14/h3-12H,1-2H3. The lowest BCUT2D eigenvalue weighted by Gasteiger charge is -2.32. The van der Waals surface area contributed by atoms with Crippen LogP contribution in [0.4, 0.5) is 0 Å². The highest BCUT2D eigenvalue weighted by atomic mass is 35.7. The molecule has 19 heavy (non-hydrogen) atoms. The van der Waals surface area contributed by atoms with Crippen LogP contribution in [0.25, 0.3) is 0 Å². The van der Waals surface area contributed by atoms with Gasteiger partial charge in [-0.15, -0.1) is 22.2 Å². The summed E-state index contributed by atoms with van der Waals surface area (Å²) in [4.78, 5) is 0. The van der Waals surface area contributed by atoms with Gasteiger partial charge in [-0.25, -0.2) is 0 Å². The molecule has 2 rings (SSSR count). The lowest BCUT2D eigenvalue weighted by atomic mass is 10.4. The minimum Gasteiger partial charge on any atom is -0.426 e. The minimum atomic E-state index is -2.65. The maximum atomic E-state index is 6.23. The van der Waals surface area contributed by atoms with Crippen LogP contribution < -0.4 is 10.4 Å². The molecular formula is C14H16Cl2OSi2. The summed E-state index contributed by atoms with van der Waals surface area (Å²) in [7, 11) is -2.34. The molecule has 0 aliphatic carbocycles. The van der Waals surface area contributed by atoms with E-state index in [2.05, 4.69) is 30.8 Å². The fourth-order valence-electron chi connectivity index (χ4n) is 2.16. The van der Waals surface area contributed by atoms with Gasteiger partial charge in [0.1, 0.15) is 0 Å². The first-order chi connectivity index (χ1) is 8.92. The van der Waals surface area contributed by atoms with E-state index < -0.39 is 15.3 Å². The summed E-state index contributed by atoms with van der Waals surface area (Å²) < 4.78 is 6.21. The van der Waals surface area contributed by atoms with Crippen molar-refractivity contribution in [2.24, 2.45) is 0 Å². The molecule has 0 fully saturated rings. The molecule has 0 heterocycles. The van der Waals surface area contributed by atoms with Gasteiger partial charge in [0.2, 0.25) is 8.32 Å². The van der Waals surface area contributed by atoms with Crippen molar-refractivity contribution < 1.29 is 4.12 Å². The van der Waals surface area contributed by atoms with E-state index in [9.17, 15) is 0 Å². The van der Waals surface area contributed by atoms with Crippen LogP contribution >= 0.6 is 22.2 Å². The van der Waals surface area contributed by atoms with Crippen molar-refractivity contribution in [1.29, 1.82) is 0 Å². The van der Waals surface area contributed by atoms with Gasteiger partial charge in [0.25, 0.3) is 0 Å². The van der Waals surface area contributed by atoms with Gasteiger partial charge in [-0.1, -0.05) is 60.7 Å². The van der Waals surface area contributed by atoms with Gasteiger partial charge >= 0.3 is 6.94 Å². The SMILES string of the molecule is C[Si](Cl)(Cl)O[Si](C)(c1ccccc1)c1ccccc1. The second kappa shape index (κ2) is 5.81. The molecule has 2 aromatic rings. The van der Waals surface area contributed by atoms with Crippen molar-refractivity contribution in [2.45, 2.75) is 13.1 Å². The average molecular weight is 327 g/mol. The Morgan fingerprint density at radius 3 is 1.42 bits per heavy atom. The number of halogens is 2. The van der Waals surface area contributed by atoms with Crippen LogP contribution in [0.15, 0.2) is 60.7 Å². The molecular weight excluding hydrogens is 311 g/mol. The third-order valence-electron chi connectivity index (χ3n) is 3.03. The first-order valence-corrected chi connectivity index (χ1v) is 12.9. The molecule has 0 spiro atoms. The van der Waals surface area contributed by atoms with E-state index in [1.807, 2.05) is 36.4 Å². The molecule has 2 aromatic carbocycles. The lowest BCUT2D eigenvalue weighted by molar-refractivity contribution is 0.602. The summed E-state index contributed by atoms with van der Waals surface area (Å²) in [5.41, 5.74) is 0. The van der Waals surface area contributed by atoms with Crippen molar-refractivity contribution in [3.63, 3.8) is 0 Å². The topological polar surface area (TPSA) is 9.23 Å². The second-order valence-electron chi connectivity index (χ2n) is 4.68. The fraction of sp³-hybridized carbons (Fsp3) is 0.143. The third-order valence-corrected chi connectivity index (χ3v) is 10.4. The van der Waals surface area contributed by atoms with Crippen LogP contribution in [0.2, 0.25) is 13.1 Å². The lowest BCUT2D eigenvalue weighted by Crippen LogP contribution is -2.61. The molecule has 0 saturated carbocycles. The number of benzene rings is 2. The van der Waals surface area contributed by atoms with E-state index >= 15 is 0 Å². The van der Waals surface area contributed by atoms with E-state index in [4.69, 9.17) is 26.3 Å². The molecule has 0 atom stereocenters. The normalized spacial score (nSPS) is 12.4. The Bertz CT molecular complexity index is 487. The molecule has 0 unspecified atom stereocenters. The predicted octanol–water partition coefficient (Wildman–Crippen LogP) is 3.44. The number of rotatable bonds is 4. The highest BCUT2D eigenvalue weighted by molar-refractivity contribution is 7.43. The van der Waals surface area contributed by atoms with E-state index in [0.717, 1.165) is 0 Å². The third kappa shape index (κ3) is 3.71. The van der Waals surface area contributed by atoms with Gasteiger partial charge in [0.05, 0.1) is 0 Å². The Morgan fingerprint density at radius 2 is 1.11 bits per heavy atom. The van der Waals surface area contributed by atoms with Crippen LogP contribution in [-0.2, 0) is 4.12 Å². The van der Waals surface area contributed by atoms with Crippen LogP contribution in [0, 0.1) is 0 Å². The van der Waals surface area contributed by atoms with Crippen LogP contribution in [-0.4, -0.2) is 15.3 Å². The summed E-state index contributed by atoms with van der Waals surface area (Å²) in [6.07, 6.45) is 0. The Kier molecular flexibility index (Phi) is 4.53. The quantitative estimate of drug-likeness (QED) is 0.617. The molecule has 0 radical (unpaired) electrons. The summed E-state index contributed by atoms with van der Waals surface area (Å²) in [5, 5.41) is 2.36. The summed E-state index contributed by atoms with van der Waals surface area (Å²) >= 11 is 12.5. The number of hydrogen-bond acceptors (Lipinski definition) is 1. The highest BCUT2D eigenvalue weighted by Gasteiger charge is 2.41. The fourth-order valence-corrected chi connectivity index (χ4v) is 10.7. The van der Waals surface area contributed by atoms with Gasteiger partial charge in [0.15, 0.2) is 0 Å². The molecule has 5 heteroatoms. The summed E-state index contributed by atoms with van der Waals surface area (Å²) in [6, 6.07) is 20.5. The Morgan fingerprint density at radius 1 is 0.737 bits per heavy atom. The van der Waals surface area contributed by atoms with Gasteiger partial charge in [-0.2, -0.15) is 0 Å². The van der Waals surface area contributed by atoms with Gasteiger partial charge < -0.3 is 4.12 Å². The van der Waals surface area contributed by atoms with Crippen LogP contribution in [0.1, 0.15) is 0 Å². The summed E-state index contributed by atoms with van der Waals surface area (Å²) in [6.45, 7) is 1.29. The molecule has 100 valence electrons. The van der Waals surface area contributed by atoms with Crippen molar-refractivity contribution in [1.82, 2.24) is 0 Å². The Hall–Kier alpha value is -0.586. The van der Waals surface area contributed by atoms with Crippen molar-refractivity contribution in [3.05, 3.63) is 60.7 Å². The molecule has 0 amide bonds. The van der Waals surface area contributed by atoms with E-state index in [1.165, 1.54) is 10.4 Å². The molecule has 0 saturated heterocycles. The number of hydrogen-bond donors (Lipinski definition) is 0. The van der Waals surface area contributed by atoms with Crippen molar-refractivity contribution in [2.75, 3.05) is 0 Å². The van der Waals surface area contributed by atoms with E-state index in [0.29, 0.717) is 0 Å². The first-order valence-electron chi connectivity index (χ1n) is 6.11. The van der Waals surface area contributed by atoms with Gasteiger partial charge in [0, 0.05) is 0 Å². The largest absolute Gasteiger partial charge is 0.426 e. The average Bonchev–Trinajstić information content (AvgIpc) is 2.39. The molecule has 0 aromatic heterocycles. The smallest absolute Gasteiger partial charge is 0.376 e. The maximum absolute atomic E-state index is 6.23. The minimum absolute atomic E-state index is 1.18. The molecule has 0 bridgehead atoms. The molecule has 1 nitrogen and oxygen atoms in total. The Balaban J connectivity index is 2.51. The first kappa shape index (κ1) is 14.8. The van der Waals surface area contributed by atoms with Gasteiger partial charge in [-0.05, 0) is 23.5 Å². The van der Waals surface area contributed by atoms with E-state index in [1.54, 1.807) is 6.55 Å². The molecule has 0 aliphatic rings. The monoisotopic (exact) mass is 326 g/mol. The van der Waals surface area contributed by atoms with Crippen LogP contribution in [0.3, 0.4) is 0 Å². The second-order valence-corrected chi connectivity index (χ2v) is 15.2. The van der Waals surface area contributed by atoms with Crippen molar-refractivity contribution in [3.8, 4) is 0 Å². The zero-order chi connectivity index (χ0) is 13.9. The Labute approximate surface area is 125 Å². The highest BCUT2D eigenvalue weighted by Crippen LogP contribution is 2.22.